The number of aryl methyl sites for hydroxylation is 1. The van der Waals surface area contributed by atoms with Crippen molar-refractivity contribution in [3.05, 3.63) is 24.2 Å². The van der Waals surface area contributed by atoms with Crippen molar-refractivity contribution in [1.29, 1.82) is 0 Å². The lowest BCUT2D eigenvalue weighted by Crippen LogP contribution is -2.09. The zero-order chi connectivity index (χ0) is 10.3. The maximum absolute atomic E-state index is 4.68. The SMILES string of the molecule is Cn1ccc2ncc(C3CCNC3)nc21. The number of hydrogen-bond donors (Lipinski definition) is 1. The first kappa shape index (κ1) is 8.85. The quantitative estimate of drug-likeness (QED) is 0.751. The third kappa shape index (κ3) is 1.41. The molecule has 2 aromatic heterocycles. The number of fused-ring (bicyclic) bond motifs is 1. The van der Waals surface area contributed by atoms with E-state index in [1.807, 2.05) is 30.1 Å². The third-order valence-electron chi connectivity index (χ3n) is 3.07. The van der Waals surface area contributed by atoms with E-state index >= 15 is 0 Å². The minimum absolute atomic E-state index is 0.539. The van der Waals surface area contributed by atoms with Crippen LogP contribution in [0.25, 0.3) is 11.2 Å². The Kier molecular flexibility index (Phi) is 1.95. The van der Waals surface area contributed by atoms with Gasteiger partial charge in [0.2, 0.25) is 0 Å². The van der Waals surface area contributed by atoms with E-state index in [-0.39, 0.29) is 0 Å². The maximum Gasteiger partial charge on any atom is 0.158 e. The zero-order valence-electron chi connectivity index (χ0n) is 8.77. The number of nitrogens with one attached hydrogen (secondary N) is 1. The monoisotopic (exact) mass is 202 g/mol. The first-order valence-electron chi connectivity index (χ1n) is 5.33. The van der Waals surface area contributed by atoms with Gasteiger partial charge in [-0.1, -0.05) is 0 Å². The molecule has 3 heterocycles. The summed E-state index contributed by atoms with van der Waals surface area (Å²) in [6, 6.07) is 2.00. The lowest BCUT2D eigenvalue weighted by atomic mass is 10.1. The van der Waals surface area contributed by atoms with Gasteiger partial charge < -0.3 is 9.88 Å². The molecule has 4 nitrogen and oxygen atoms in total. The van der Waals surface area contributed by atoms with E-state index in [0.29, 0.717) is 5.92 Å². The highest BCUT2D eigenvalue weighted by Crippen LogP contribution is 2.21. The van der Waals surface area contributed by atoms with E-state index < -0.39 is 0 Å². The fourth-order valence-corrected chi connectivity index (χ4v) is 2.14. The van der Waals surface area contributed by atoms with Crippen molar-refractivity contribution in [1.82, 2.24) is 19.9 Å². The summed E-state index contributed by atoms with van der Waals surface area (Å²) < 4.78 is 2.02. The third-order valence-corrected chi connectivity index (χ3v) is 3.07. The van der Waals surface area contributed by atoms with Crippen molar-refractivity contribution in [2.75, 3.05) is 13.1 Å². The Morgan fingerprint density at radius 1 is 1.53 bits per heavy atom. The summed E-state index contributed by atoms with van der Waals surface area (Å²) in [7, 11) is 2.01. The minimum atomic E-state index is 0.539. The Balaban J connectivity index is 2.08. The smallest absolute Gasteiger partial charge is 0.158 e. The largest absolute Gasteiger partial charge is 0.334 e. The van der Waals surface area contributed by atoms with Crippen LogP contribution in [0.5, 0.6) is 0 Å². The van der Waals surface area contributed by atoms with Gasteiger partial charge in [-0.25, -0.2) is 4.98 Å². The summed E-state index contributed by atoms with van der Waals surface area (Å²) >= 11 is 0. The Hall–Kier alpha value is -1.42. The van der Waals surface area contributed by atoms with Crippen LogP contribution in [0.2, 0.25) is 0 Å². The van der Waals surface area contributed by atoms with E-state index in [2.05, 4.69) is 15.3 Å². The predicted molar refractivity (Wildman–Crippen MR) is 58.7 cm³/mol. The second kappa shape index (κ2) is 3.31. The van der Waals surface area contributed by atoms with Gasteiger partial charge in [-0.2, -0.15) is 0 Å². The zero-order valence-corrected chi connectivity index (χ0v) is 8.77. The van der Waals surface area contributed by atoms with Crippen LogP contribution >= 0.6 is 0 Å². The van der Waals surface area contributed by atoms with E-state index in [1.54, 1.807) is 0 Å². The highest BCUT2D eigenvalue weighted by molar-refractivity contribution is 5.70. The number of hydrogen-bond acceptors (Lipinski definition) is 3. The van der Waals surface area contributed by atoms with Gasteiger partial charge in [0.05, 0.1) is 5.69 Å². The van der Waals surface area contributed by atoms with Gasteiger partial charge in [-0.3, -0.25) is 4.98 Å². The summed E-state index contributed by atoms with van der Waals surface area (Å²) in [5.74, 6) is 0.539. The Morgan fingerprint density at radius 3 is 3.27 bits per heavy atom. The number of aromatic nitrogens is 3. The van der Waals surface area contributed by atoms with Gasteiger partial charge in [0.1, 0.15) is 5.52 Å². The van der Waals surface area contributed by atoms with E-state index in [4.69, 9.17) is 0 Å². The second-order valence-corrected chi connectivity index (χ2v) is 4.12. The molecule has 1 saturated heterocycles. The molecule has 1 N–H and O–H groups in total. The molecule has 78 valence electrons. The molecule has 15 heavy (non-hydrogen) atoms. The molecule has 1 fully saturated rings. The normalized spacial score (nSPS) is 21.3. The lowest BCUT2D eigenvalue weighted by molar-refractivity contribution is 0.730. The number of nitrogens with zero attached hydrogens (tertiary/aromatic N) is 3. The van der Waals surface area contributed by atoms with Gasteiger partial charge in [-0.15, -0.1) is 0 Å². The van der Waals surface area contributed by atoms with Gasteiger partial charge in [0.25, 0.3) is 0 Å². The molecule has 1 atom stereocenters. The standard InChI is InChI=1S/C11H14N4/c1-15-5-3-9-11(15)14-10(7-13-9)8-2-4-12-6-8/h3,5,7-8,12H,2,4,6H2,1H3. The molecular formula is C11H14N4. The average molecular weight is 202 g/mol. The first-order valence-corrected chi connectivity index (χ1v) is 5.33. The van der Waals surface area contributed by atoms with Gasteiger partial charge in [0, 0.05) is 31.9 Å². The van der Waals surface area contributed by atoms with Crippen LogP contribution in [-0.4, -0.2) is 27.6 Å². The molecule has 3 rings (SSSR count). The van der Waals surface area contributed by atoms with Crippen LogP contribution in [0.4, 0.5) is 0 Å². The summed E-state index contributed by atoms with van der Waals surface area (Å²) in [6.45, 7) is 2.13. The summed E-state index contributed by atoms with van der Waals surface area (Å²) in [5.41, 5.74) is 3.08. The molecule has 1 unspecified atom stereocenters. The fraction of sp³-hybridized carbons (Fsp3) is 0.455. The van der Waals surface area contributed by atoms with Crippen LogP contribution in [0, 0.1) is 0 Å². The molecule has 0 saturated carbocycles. The first-order chi connectivity index (χ1) is 7.34. The Morgan fingerprint density at radius 2 is 2.47 bits per heavy atom. The van der Waals surface area contributed by atoms with Crippen molar-refractivity contribution in [3.63, 3.8) is 0 Å². The highest BCUT2D eigenvalue weighted by Gasteiger charge is 2.18. The van der Waals surface area contributed by atoms with Crippen LogP contribution in [0.1, 0.15) is 18.0 Å². The molecule has 1 aliphatic rings. The molecule has 4 heteroatoms. The molecular weight excluding hydrogens is 188 g/mol. The van der Waals surface area contributed by atoms with E-state index in [1.165, 1.54) is 6.42 Å². The molecule has 1 aliphatic heterocycles. The molecule has 0 bridgehead atoms. The summed E-state index contributed by atoms with van der Waals surface area (Å²) in [5, 5.41) is 3.35. The number of rotatable bonds is 1. The fourth-order valence-electron chi connectivity index (χ4n) is 2.14. The van der Waals surface area contributed by atoms with Gasteiger partial charge in [-0.05, 0) is 19.0 Å². The second-order valence-electron chi connectivity index (χ2n) is 4.12. The molecule has 0 aromatic carbocycles. The summed E-state index contributed by atoms with van der Waals surface area (Å²) in [4.78, 5) is 9.11. The van der Waals surface area contributed by atoms with Crippen molar-refractivity contribution in [3.8, 4) is 0 Å². The van der Waals surface area contributed by atoms with E-state index in [9.17, 15) is 0 Å². The van der Waals surface area contributed by atoms with Crippen LogP contribution < -0.4 is 5.32 Å². The Labute approximate surface area is 88.3 Å². The molecule has 0 amide bonds. The minimum Gasteiger partial charge on any atom is -0.334 e. The van der Waals surface area contributed by atoms with Gasteiger partial charge >= 0.3 is 0 Å². The topological polar surface area (TPSA) is 42.7 Å². The highest BCUT2D eigenvalue weighted by atomic mass is 15.0. The molecule has 2 aromatic rings. The van der Waals surface area contributed by atoms with Gasteiger partial charge in [0.15, 0.2) is 5.65 Å². The lowest BCUT2D eigenvalue weighted by Gasteiger charge is -2.07. The van der Waals surface area contributed by atoms with E-state index in [0.717, 1.165) is 29.9 Å². The molecule has 0 spiro atoms. The molecule has 0 aliphatic carbocycles. The maximum atomic E-state index is 4.68. The van der Waals surface area contributed by atoms with Crippen LogP contribution in [-0.2, 0) is 7.05 Å². The summed E-state index contributed by atoms with van der Waals surface area (Å²) in [6.07, 6.45) is 5.09. The van der Waals surface area contributed by atoms with Crippen molar-refractivity contribution < 1.29 is 0 Å². The van der Waals surface area contributed by atoms with Crippen molar-refractivity contribution in [2.24, 2.45) is 7.05 Å². The van der Waals surface area contributed by atoms with Crippen LogP contribution in [0.3, 0.4) is 0 Å². The van der Waals surface area contributed by atoms with Crippen molar-refractivity contribution >= 4 is 11.2 Å². The van der Waals surface area contributed by atoms with Crippen molar-refractivity contribution in [2.45, 2.75) is 12.3 Å². The Bertz CT molecular complexity index is 482. The predicted octanol–water partition coefficient (Wildman–Crippen LogP) is 1.05. The molecule has 0 radical (unpaired) electrons. The average Bonchev–Trinajstić information content (AvgIpc) is 2.88. The van der Waals surface area contributed by atoms with Crippen LogP contribution in [0.15, 0.2) is 18.5 Å².